The summed E-state index contributed by atoms with van der Waals surface area (Å²) in [6, 6.07) is 7.89. The van der Waals surface area contributed by atoms with Crippen LogP contribution in [0.25, 0.3) is 0 Å². The molecule has 0 unspecified atom stereocenters. The van der Waals surface area contributed by atoms with Crippen LogP contribution in [-0.2, 0) is 9.47 Å². The van der Waals surface area contributed by atoms with Crippen LogP contribution in [-0.4, -0.2) is 56.3 Å². The number of hydrogen-bond donors (Lipinski definition) is 1. The number of benzene rings is 1. The molecule has 112 valence electrons. The summed E-state index contributed by atoms with van der Waals surface area (Å²) in [6.45, 7) is 2.17. The molecule has 0 bridgehead atoms. The van der Waals surface area contributed by atoms with Gasteiger partial charge in [0.2, 0.25) is 0 Å². The molecule has 1 heterocycles. The van der Waals surface area contributed by atoms with E-state index in [1.165, 1.54) is 0 Å². The molecule has 0 aliphatic carbocycles. The Hall–Kier alpha value is -1.14. The zero-order valence-electron chi connectivity index (χ0n) is 12.4. The number of aliphatic hydroxyl groups is 1. The van der Waals surface area contributed by atoms with E-state index in [9.17, 15) is 5.11 Å². The van der Waals surface area contributed by atoms with Crippen LogP contribution in [0.15, 0.2) is 24.3 Å². The molecule has 1 aliphatic rings. The van der Waals surface area contributed by atoms with Crippen molar-refractivity contribution in [3.63, 3.8) is 0 Å². The zero-order chi connectivity index (χ0) is 14.7. The van der Waals surface area contributed by atoms with Gasteiger partial charge in [-0.2, -0.15) is 0 Å². The lowest BCUT2D eigenvalue weighted by Gasteiger charge is -2.26. The molecule has 20 heavy (non-hydrogen) atoms. The first-order valence-corrected chi connectivity index (χ1v) is 6.74. The van der Waals surface area contributed by atoms with Gasteiger partial charge in [-0.25, -0.2) is 0 Å². The Morgan fingerprint density at radius 1 is 1.20 bits per heavy atom. The van der Waals surface area contributed by atoms with Crippen molar-refractivity contribution in [3.05, 3.63) is 29.8 Å². The van der Waals surface area contributed by atoms with Crippen molar-refractivity contribution in [2.24, 2.45) is 0 Å². The van der Waals surface area contributed by atoms with Crippen LogP contribution in [0, 0.1) is 0 Å². The van der Waals surface area contributed by atoms with E-state index in [1.807, 2.05) is 38.2 Å². The smallest absolute Gasteiger partial charge is 0.146 e. The van der Waals surface area contributed by atoms with E-state index in [1.54, 1.807) is 14.2 Å². The Balaban J connectivity index is 2.24. The van der Waals surface area contributed by atoms with Crippen molar-refractivity contribution in [2.75, 3.05) is 28.1 Å². The second-order valence-electron chi connectivity index (χ2n) is 5.15. The maximum Gasteiger partial charge on any atom is 0.146 e. The van der Waals surface area contributed by atoms with Gasteiger partial charge in [0.25, 0.3) is 0 Å². The Bertz CT molecular complexity index is 422. The van der Waals surface area contributed by atoms with Crippen molar-refractivity contribution < 1.29 is 19.3 Å². The highest BCUT2D eigenvalue weighted by molar-refractivity contribution is 5.31. The summed E-state index contributed by atoms with van der Waals surface area (Å²) in [4.78, 5) is 2.13. The third-order valence-electron chi connectivity index (χ3n) is 4.06. The molecule has 2 rings (SSSR count). The highest BCUT2D eigenvalue weighted by atomic mass is 16.7. The molecule has 0 aromatic heterocycles. The van der Waals surface area contributed by atoms with Crippen LogP contribution >= 0.6 is 0 Å². The quantitative estimate of drug-likeness (QED) is 0.827. The minimum atomic E-state index is -0.540. The fraction of sp³-hybridized carbons (Fsp3) is 0.600. The molecule has 1 fully saturated rings. The van der Waals surface area contributed by atoms with Gasteiger partial charge in [-0.15, -0.1) is 0 Å². The van der Waals surface area contributed by atoms with Crippen molar-refractivity contribution >= 4 is 0 Å². The second-order valence-corrected chi connectivity index (χ2v) is 5.15. The van der Waals surface area contributed by atoms with Crippen LogP contribution in [0.3, 0.4) is 0 Å². The Morgan fingerprint density at radius 3 is 2.40 bits per heavy atom. The molecule has 1 aliphatic heterocycles. The lowest BCUT2D eigenvalue weighted by molar-refractivity contribution is -0.109. The number of likely N-dealkylation sites (N-methyl/N-ethyl adjacent to an activating group) is 1. The van der Waals surface area contributed by atoms with E-state index in [2.05, 4.69) is 4.90 Å². The standard InChI is InChI=1S/C15H23NO4/c1-10-14(17)15(20-9-18-3)13(16(10)2)11-5-7-12(19-4)8-6-11/h5-8,10,13-15,17H,9H2,1-4H3/t10-,13-,14-,15-/m1/s1. The van der Waals surface area contributed by atoms with Crippen molar-refractivity contribution in [1.29, 1.82) is 0 Å². The maximum atomic E-state index is 10.3. The molecule has 0 saturated carbocycles. The van der Waals surface area contributed by atoms with Crippen molar-refractivity contribution in [3.8, 4) is 5.75 Å². The van der Waals surface area contributed by atoms with Crippen LogP contribution in [0.5, 0.6) is 5.75 Å². The van der Waals surface area contributed by atoms with Crippen LogP contribution in [0.2, 0.25) is 0 Å². The van der Waals surface area contributed by atoms with Gasteiger partial charge in [0.15, 0.2) is 0 Å². The fourth-order valence-electron chi connectivity index (χ4n) is 2.75. The second kappa shape index (κ2) is 6.54. The molecule has 0 amide bonds. The highest BCUT2D eigenvalue weighted by Crippen LogP contribution is 2.37. The average Bonchev–Trinajstić information content (AvgIpc) is 2.69. The van der Waals surface area contributed by atoms with Gasteiger partial charge in [0.05, 0.1) is 19.3 Å². The molecule has 0 radical (unpaired) electrons. The lowest BCUT2D eigenvalue weighted by atomic mass is 10.0. The number of nitrogens with zero attached hydrogens (tertiary/aromatic N) is 1. The molecule has 1 N–H and O–H groups in total. The summed E-state index contributed by atoms with van der Waals surface area (Å²) in [6.07, 6.45) is -0.842. The first-order valence-electron chi connectivity index (χ1n) is 6.74. The zero-order valence-corrected chi connectivity index (χ0v) is 12.4. The predicted octanol–water partition coefficient (Wildman–Crippen LogP) is 1.42. The summed E-state index contributed by atoms with van der Waals surface area (Å²) < 4.78 is 15.8. The van der Waals surface area contributed by atoms with E-state index in [4.69, 9.17) is 14.2 Å². The summed E-state index contributed by atoms with van der Waals surface area (Å²) in [5.41, 5.74) is 1.10. The predicted molar refractivity (Wildman–Crippen MR) is 75.7 cm³/mol. The molecular formula is C15H23NO4. The topological polar surface area (TPSA) is 51.2 Å². The van der Waals surface area contributed by atoms with E-state index >= 15 is 0 Å². The molecule has 1 aromatic carbocycles. The minimum absolute atomic E-state index is 0.000978. The highest BCUT2D eigenvalue weighted by Gasteiger charge is 2.45. The molecule has 0 spiro atoms. The summed E-state index contributed by atoms with van der Waals surface area (Å²) >= 11 is 0. The number of rotatable bonds is 5. The van der Waals surface area contributed by atoms with E-state index in [-0.39, 0.29) is 25.0 Å². The van der Waals surface area contributed by atoms with Gasteiger partial charge in [-0.3, -0.25) is 4.90 Å². The van der Waals surface area contributed by atoms with Gasteiger partial charge >= 0.3 is 0 Å². The minimum Gasteiger partial charge on any atom is -0.497 e. The van der Waals surface area contributed by atoms with E-state index in [0.29, 0.717) is 0 Å². The number of methoxy groups -OCH3 is 2. The third kappa shape index (κ3) is 2.81. The van der Waals surface area contributed by atoms with Gasteiger partial charge in [0, 0.05) is 13.2 Å². The maximum absolute atomic E-state index is 10.3. The molecular weight excluding hydrogens is 258 g/mol. The Labute approximate surface area is 120 Å². The van der Waals surface area contributed by atoms with Crippen LogP contribution in [0.4, 0.5) is 0 Å². The molecule has 5 nitrogen and oxygen atoms in total. The molecule has 4 atom stereocenters. The van der Waals surface area contributed by atoms with Crippen molar-refractivity contribution in [1.82, 2.24) is 4.90 Å². The van der Waals surface area contributed by atoms with E-state index < -0.39 is 6.10 Å². The number of likely N-dealkylation sites (tertiary alicyclic amines) is 1. The average molecular weight is 281 g/mol. The first-order chi connectivity index (χ1) is 9.60. The fourth-order valence-corrected chi connectivity index (χ4v) is 2.75. The molecule has 5 heteroatoms. The van der Waals surface area contributed by atoms with Gasteiger partial charge < -0.3 is 19.3 Å². The summed E-state index contributed by atoms with van der Waals surface area (Å²) in [7, 11) is 5.23. The number of hydrogen-bond acceptors (Lipinski definition) is 5. The monoisotopic (exact) mass is 281 g/mol. The summed E-state index contributed by atoms with van der Waals surface area (Å²) in [5, 5.41) is 10.3. The lowest BCUT2D eigenvalue weighted by Crippen LogP contribution is -2.32. The molecule has 1 saturated heterocycles. The first kappa shape index (κ1) is 15.3. The normalized spacial score (nSPS) is 30.6. The Kier molecular flexibility index (Phi) is 4.99. The number of ether oxygens (including phenoxy) is 3. The van der Waals surface area contributed by atoms with Crippen molar-refractivity contribution in [2.45, 2.75) is 31.2 Å². The van der Waals surface area contributed by atoms with Gasteiger partial charge in [-0.1, -0.05) is 12.1 Å². The molecule has 1 aromatic rings. The summed E-state index contributed by atoms with van der Waals surface area (Å²) in [5.74, 6) is 0.817. The third-order valence-corrected chi connectivity index (χ3v) is 4.06. The largest absolute Gasteiger partial charge is 0.497 e. The van der Waals surface area contributed by atoms with Crippen LogP contribution < -0.4 is 4.74 Å². The van der Waals surface area contributed by atoms with Gasteiger partial charge in [0.1, 0.15) is 18.6 Å². The van der Waals surface area contributed by atoms with E-state index in [0.717, 1.165) is 11.3 Å². The SMILES string of the molecule is COCO[C@H]1[C@H](O)[C@@H](C)N(C)[C@@H]1c1ccc(OC)cc1. The van der Waals surface area contributed by atoms with Gasteiger partial charge in [-0.05, 0) is 31.7 Å². The van der Waals surface area contributed by atoms with Crippen LogP contribution in [0.1, 0.15) is 18.5 Å². The number of aliphatic hydroxyl groups excluding tert-OH is 1. The Morgan fingerprint density at radius 2 is 1.85 bits per heavy atom.